The van der Waals surface area contributed by atoms with E-state index in [1.807, 2.05) is 0 Å². The topological polar surface area (TPSA) is 37.8 Å². The van der Waals surface area contributed by atoms with Crippen LogP contribution in [0.15, 0.2) is 42.5 Å². The summed E-state index contributed by atoms with van der Waals surface area (Å²) in [5.41, 5.74) is 1.17. The molecule has 0 bridgehead atoms. The van der Waals surface area contributed by atoms with Gasteiger partial charge in [-0.2, -0.15) is 0 Å². The van der Waals surface area contributed by atoms with Crippen molar-refractivity contribution in [1.29, 1.82) is 0 Å². The van der Waals surface area contributed by atoms with E-state index in [0.29, 0.717) is 0 Å². The van der Waals surface area contributed by atoms with Crippen molar-refractivity contribution >= 4 is 22.1 Å². The van der Waals surface area contributed by atoms with Gasteiger partial charge in [0.25, 0.3) is 0 Å². The molecular weight excluding hydrogens is 278 g/mol. The monoisotopic (exact) mass is 297 g/mol. The lowest BCUT2D eigenvalue weighted by molar-refractivity contribution is 0.564. The van der Waals surface area contributed by atoms with Gasteiger partial charge in [0.15, 0.2) is 0 Å². The lowest BCUT2D eigenvalue weighted by atomic mass is 10.1. The summed E-state index contributed by atoms with van der Waals surface area (Å²) in [4.78, 5) is 0. The molecule has 3 rings (SSSR count). The number of fused-ring (bicyclic) bond motifs is 1. The highest BCUT2D eigenvalue weighted by molar-refractivity contribution is 7.14. The fourth-order valence-electron chi connectivity index (χ4n) is 2.38. The first-order valence-electron chi connectivity index (χ1n) is 7.34. The molecule has 1 N–H and O–H groups in total. The van der Waals surface area contributed by atoms with Gasteiger partial charge in [-0.15, -0.1) is 10.2 Å². The Morgan fingerprint density at radius 2 is 1.90 bits per heavy atom. The number of aromatic nitrogens is 2. The smallest absolute Gasteiger partial charge is 0.148 e. The molecule has 1 atom stereocenters. The fourth-order valence-corrected chi connectivity index (χ4v) is 3.29. The fraction of sp³-hybridized carbons (Fsp3) is 0.294. The Bertz CT molecular complexity index is 730. The summed E-state index contributed by atoms with van der Waals surface area (Å²) in [6.45, 7) is 5.31. The quantitative estimate of drug-likeness (QED) is 0.757. The summed E-state index contributed by atoms with van der Waals surface area (Å²) < 4.78 is 0. The van der Waals surface area contributed by atoms with E-state index in [-0.39, 0.29) is 6.04 Å². The first-order valence-corrected chi connectivity index (χ1v) is 8.16. The summed E-state index contributed by atoms with van der Waals surface area (Å²) in [5, 5.41) is 16.7. The Labute approximate surface area is 129 Å². The van der Waals surface area contributed by atoms with Gasteiger partial charge in [-0.1, -0.05) is 60.7 Å². The van der Waals surface area contributed by atoms with E-state index in [4.69, 9.17) is 0 Å². The van der Waals surface area contributed by atoms with Crippen molar-refractivity contribution in [3.63, 3.8) is 0 Å². The molecular formula is C17H19N3S. The normalized spacial score (nSPS) is 12.7. The maximum atomic E-state index is 4.39. The molecule has 3 aromatic rings. The number of hydrogen-bond acceptors (Lipinski definition) is 4. The first kappa shape index (κ1) is 14.2. The van der Waals surface area contributed by atoms with Crippen LogP contribution in [-0.4, -0.2) is 16.7 Å². The van der Waals surface area contributed by atoms with Crippen LogP contribution in [0.25, 0.3) is 21.3 Å². The Hall–Kier alpha value is -1.78. The van der Waals surface area contributed by atoms with Gasteiger partial charge >= 0.3 is 0 Å². The molecule has 0 saturated heterocycles. The third-order valence-corrected chi connectivity index (χ3v) is 4.67. The van der Waals surface area contributed by atoms with Crippen molar-refractivity contribution < 1.29 is 0 Å². The van der Waals surface area contributed by atoms with E-state index in [9.17, 15) is 0 Å². The molecule has 0 radical (unpaired) electrons. The van der Waals surface area contributed by atoms with Crippen LogP contribution in [0.5, 0.6) is 0 Å². The number of nitrogens with zero attached hydrogens (tertiary/aromatic N) is 2. The van der Waals surface area contributed by atoms with E-state index >= 15 is 0 Å². The third kappa shape index (κ3) is 2.96. The minimum Gasteiger partial charge on any atom is -0.308 e. The average Bonchev–Trinajstić information content (AvgIpc) is 3.02. The third-order valence-electron chi connectivity index (χ3n) is 3.53. The van der Waals surface area contributed by atoms with Crippen LogP contribution in [0.4, 0.5) is 0 Å². The molecule has 21 heavy (non-hydrogen) atoms. The summed E-state index contributed by atoms with van der Waals surface area (Å²) in [7, 11) is 0. The van der Waals surface area contributed by atoms with Crippen LogP contribution >= 0.6 is 11.3 Å². The van der Waals surface area contributed by atoms with Crippen molar-refractivity contribution in [2.45, 2.75) is 26.3 Å². The molecule has 2 aromatic carbocycles. The zero-order valence-electron chi connectivity index (χ0n) is 12.3. The standard InChI is InChI=1S/C17H19N3S/c1-3-11-18-12(2)16-19-20-17(21-16)15-10-6-8-13-7-4-5-9-14(13)15/h4-10,12,18H,3,11H2,1-2H3. The van der Waals surface area contributed by atoms with Crippen LogP contribution in [0.3, 0.4) is 0 Å². The lowest BCUT2D eigenvalue weighted by Gasteiger charge is -2.08. The Kier molecular flexibility index (Phi) is 4.27. The molecule has 0 aliphatic heterocycles. The number of rotatable bonds is 5. The van der Waals surface area contributed by atoms with Crippen molar-refractivity contribution in [1.82, 2.24) is 15.5 Å². The largest absolute Gasteiger partial charge is 0.308 e. The molecule has 0 spiro atoms. The summed E-state index contributed by atoms with van der Waals surface area (Å²) in [6.07, 6.45) is 1.12. The number of benzene rings is 2. The Balaban J connectivity index is 1.95. The van der Waals surface area contributed by atoms with Gasteiger partial charge in [0.05, 0.1) is 6.04 Å². The van der Waals surface area contributed by atoms with Crippen LogP contribution in [0.1, 0.15) is 31.3 Å². The second-order valence-corrected chi connectivity index (χ2v) is 6.16. The minimum atomic E-state index is 0.256. The SMILES string of the molecule is CCCNC(C)c1nnc(-c2cccc3ccccc23)s1. The van der Waals surface area contributed by atoms with Crippen LogP contribution in [0, 0.1) is 0 Å². The first-order chi connectivity index (χ1) is 10.3. The molecule has 0 fully saturated rings. The van der Waals surface area contributed by atoms with Crippen LogP contribution < -0.4 is 5.32 Å². The lowest BCUT2D eigenvalue weighted by Crippen LogP contribution is -2.18. The van der Waals surface area contributed by atoms with Crippen molar-refractivity contribution in [2.24, 2.45) is 0 Å². The molecule has 1 heterocycles. The second-order valence-electron chi connectivity index (χ2n) is 5.15. The number of nitrogens with one attached hydrogen (secondary N) is 1. The van der Waals surface area contributed by atoms with Gasteiger partial charge in [0, 0.05) is 5.56 Å². The summed E-state index contributed by atoms with van der Waals surface area (Å²) in [5.74, 6) is 0. The highest BCUT2D eigenvalue weighted by Gasteiger charge is 2.13. The molecule has 0 aliphatic carbocycles. The molecule has 108 valence electrons. The molecule has 3 nitrogen and oxygen atoms in total. The molecule has 1 unspecified atom stereocenters. The van der Waals surface area contributed by atoms with Gasteiger partial charge in [-0.25, -0.2) is 0 Å². The van der Waals surface area contributed by atoms with Gasteiger partial charge < -0.3 is 5.32 Å². The number of hydrogen-bond donors (Lipinski definition) is 1. The maximum Gasteiger partial charge on any atom is 0.148 e. The zero-order chi connectivity index (χ0) is 14.7. The molecule has 4 heteroatoms. The Morgan fingerprint density at radius 3 is 2.76 bits per heavy atom. The van der Waals surface area contributed by atoms with Gasteiger partial charge in [-0.05, 0) is 30.7 Å². The highest BCUT2D eigenvalue weighted by atomic mass is 32.1. The second kappa shape index (κ2) is 6.33. The molecule has 0 aliphatic rings. The Morgan fingerprint density at radius 1 is 1.10 bits per heavy atom. The minimum absolute atomic E-state index is 0.256. The highest BCUT2D eigenvalue weighted by Crippen LogP contribution is 2.32. The zero-order valence-corrected chi connectivity index (χ0v) is 13.2. The summed E-state index contributed by atoms with van der Waals surface area (Å²) in [6, 6.07) is 15.0. The van der Waals surface area contributed by atoms with Crippen molar-refractivity contribution in [2.75, 3.05) is 6.54 Å². The van der Waals surface area contributed by atoms with E-state index in [1.165, 1.54) is 16.3 Å². The van der Waals surface area contributed by atoms with E-state index < -0.39 is 0 Å². The summed E-state index contributed by atoms with van der Waals surface area (Å²) >= 11 is 1.67. The predicted molar refractivity (Wildman–Crippen MR) is 89.6 cm³/mol. The van der Waals surface area contributed by atoms with Crippen molar-refractivity contribution in [3.05, 3.63) is 47.5 Å². The van der Waals surface area contributed by atoms with Crippen LogP contribution in [0.2, 0.25) is 0 Å². The van der Waals surface area contributed by atoms with Crippen molar-refractivity contribution in [3.8, 4) is 10.6 Å². The van der Waals surface area contributed by atoms with E-state index in [1.54, 1.807) is 11.3 Å². The van der Waals surface area contributed by atoms with E-state index in [2.05, 4.69) is 71.8 Å². The van der Waals surface area contributed by atoms with Crippen LogP contribution in [-0.2, 0) is 0 Å². The predicted octanol–water partition coefficient (Wildman–Crippen LogP) is 4.42. The molecule has 1 aromatic heterocycles. The van der Waals surface area contributed by atoms with Gasteiger partial charge in [0.2, 0.25) is 0 Å². The van der Waals surface area contributed by atoms with Gasteiger partial charge in [-0.3, -0.25) is 0 Å². The molecule has 0 saturated carbocycles. The van der Waals surface area contributed by atoms with E-state index in [0.717, 1.165) is 23.0 Å². The van der Waals surface area contributed by atoms with Gasteiger partial charge in [0.1, 0.15) is 10.0 Å². The molecule has 0 amide bonds. The average molecular weight is 297 g/mol. The maximum absolute atomic E-state index is 4.39.